The maximum Gasteiger partial charge on any atom is 0.258 e. The number of amides is 1. The maximum absolute atomic E-state index is 12.4. The Bertz CT molecular complexity index is 1080. The van der Waals surface area contributed by atoms with Crippen LogP contribution in [-0.2, 0) is 0 Å². The molecule has 0 saturated heterocycles. The van der Waals surface area contributed by atoms with Gasteiger partial charge in [0, 0.05) is 17.1 Å². The summed E-state index contributed by atoms with van der Waals surface area (Å²) >= 11 is 1.41. The highest BCUT2D eigenvalue weighted by atomic mass is 32.1. The van der Waals surface area contributed by atoms with Crippen LogP contribution in [0.5, 0.6) is 0 Å². The Morgan fingerprint density at radius 3 is 2.92 bits per heavy atom. The van der Waals surface area contributed by atoms with Crippen LogP contribution in [0.1, 0.15) is 21.5 Å². The molecule has 1 amide bonds. The molecule has 0 fully saturated rings. The summed E-state index contributed by atoms with van der Waals surface area (Å²) in [6.45, 7) is 4.13. The first-order valence-corrected chi connectivity index (χ1v) is 8.62. The summed E-state index contributed by atoms with van der Waals surface area (Å²) in [6, 6.07) is 9.73. The molecule has 0 unspecified atom stereocenters. The van der Waals surface area contributed by atoms with Crippen molar-refractivity contribution < 1.29 is 4.79 Å². The predicted molar refractivity (Wildman–Crippen MR) is 98.0 cm³/mol. The highest BCUT2D eigenvalue weighted by molar-refractivity contribution is 7.14. The van der Waals surface area contributed by atoms with Gasteiger partial charge < -0.3 is 0 Å². The number of hydrogen-bond acceptors (Lipinski definition) is 5. The minimum atomic E-state index is -0.211. The number of hydrogen-bond donors (Lipinski definition) is 1. The quantitative estimate of drug-likeness (QED) is 0.612. The third-order valence-electron chi connectivity index (χ3n) is 3.94. The van der Waals surface area contributed by atoms with E-state index >= 15 is 0 Å². The van der Waals surface area contributed by atoms with Gasteiger partial charge in [-0.3, -0.25) is 14.5 Å². The molecule has 4 rings (SSSR count). The van der Waals surface area contributed by atoms with Gasteiger partial charge in [0.25, 0.3) is 5.91 Å². The number of anilines is 1. The Morgan fingerprint density at radius 2 is 2.08 bits per heavy atom. The normalized spacial score (nSPS) is 11.0. The fraction of sp³-hybridized carbons (Fsp3) is 0.111. The number of carbonyl (C=O) groups is 1. The van der Waals surface area contributed by atoms with E-state index in [4.69, 9.17) is 0 Å². The van der Waals surface area contributed by atoms with E-state index in [0.717, 1.165) is 11.3 Å². The van der Waals surface area contributed by atoms with Gasteiger partial charge >= 0.3 is 0 Å². The van der Waals surface area contributed by atoms with E-state index in [1.54, 1.807) is 29.1 Å². The van der Waals surface area contributed by atoms with E-state index in [0.29, 0.717) is 16.3 Å². The number of pyridine rings is 1. The number of carbonyl (C=O) groups excluding carboxylic acids is 1. The third-order valence-corrected chi connectivity index (χ3v) is 4.69. The Balaban J connectivity index is 1.56. The highest BCUT2D eigenvalue weighted by Gasteiger charge is 2.12. The number of rotatable bonds is 3. The minimum absolute atomic E-state index is 0.211. The van der Waals surface area contributed by atoms with Crippen molar-refractivity contribution in [1.82, 2.24) is 19.6 Å². The molecule has 7 heteroatoms. The van der Waals surface area contributed by atoms with E-state index < -0.39 is 0 Å². The topological polar surface area (TPSA) is 72.2 Å². The van der Waals surface area contributed by atoms with E-state index in [2.05, 4.69) is 52.5 Å². The number of fused-ring (bicyclic) bond motifs is 1. The first kappa shape index (κ1) is 15.5. The Labute approximate surface area is 148 Å². The second kappa shape index (κ2) is 6.10. The van der Waals surface area contributed by atoms with Crippen molar-refractivity contribution in [1.29, 1.82) is 0 Å². The SMILES string of the molecule is Cc1ccc(-c2csc(NC(=O)c3ccc4nncn4c3)n2)c(C)c1. The van der Waals surface area contributed by atoms with Crippen LogP contribution in [0.2, 0.25) is 0 Å². The summed E-state index contributed by atoms with van der Waals surface area (Å²) in [5.41, 5.74) is 5.55. The van der Waals surface area contributed by atoms with Crippen molar-refractivity contribution >= 4 is 28.0 Å². The van der Waals surface area contributed by atoms with E-state index in [1.807, 2.05) is 5.38 Å². The van der Waals surface area contributed by atoms with Crippen LogP contribution in [-0.4, -0.2) is 25.5 Å². The molecule has 0 bridgehead atoms. The molecule has 3 heterocycles. The van der Waals surface area contributed by atoms with Gasteiger partial charge in [-0.2, -0.15) is 0 Å². The van der Waals surface area contributed by atoms with Crippen molar-refractivity contribution in [3.63, 3.8) is 0 Å². The molecule has 4 aromatic rings. The molecular weight excluding hydrogens is 334 g/mol. The monoisotopic (exact) mass is 349 g/mol. The average Bonchev–Trinajstić information content (AvgIpc) is 3.23. The van der Waals surface area contributed by atoms with Crippen LogP contribution in [0.4, 0.5) is 5.13 Å². The fourth-order valence-electron chi connectivity index (χ4n) is 2.69. The van der Waals surface area contributed by atoms with Gasteiger partial charge in [0.1, 0.15) is 6.33 Å². The molecular formula is C18H15N5OS. The van der Waals surface area contributed by atoms with Crippen LogP contribution in [0.3, 0.4) is 0 Å². The Hall–Kier alpha value is -3.06. The molecule has 0 radical (unpaired) electrons. The summed E-state index contributed by atoms with van der Waals surface area (Å²) in [7, 11) is 0. The van der Waals surface area contributed by atoms with Gasteiger partial charge in [0.2, 0.25) is 0 Å². The van der Waals surface area contributed by atoms with Crippen LogP contribution in [0.15, 0.2) is 48.2 Å². The number of nitrogens with zero attached hydrogens (tertiary/aromatic N) is 4. The molecule has 0 atom stereocenters. The van der Waals surface area contributed by atoms with E-state index in [-0.39, 0.29) is 5.91 Å². The zero-order valence-electron chi connectivity index (χ0n) is 13.7. The van der Waals surface area contributed by atoms with Crippen molar-refractivity contribution in [3.05, 3.63) is 64.9 Å². The summed E-state index contributed by atoms with van der Waals surface area (Å²) in [5, 5.41) is 13.1. The molecule has 1 N–H and O–H groups in total. The lowest BCUT2D eigenvalue weighted by Crippen LogP contribution is -2.12. The summed E-state index contributed by atoms with van der Waals surface area (Å²) in [5.74, 6) is -0.211. The summed E-state index contributed by atoms with van der Waals surface area (Å²) in [6.07, 6.45) is 3.26. The van der Waals surface area contributed by atoms with E-state index in [9.17, 15) is 4.79 Å². The standard InChI is InChI=1S/C18H15N5OS/c1-11-3-5-14(12(2)7-11)15-9-25-18(20-15)21-17(24)13-4-6-16-22-19-10-23(16)8-13/h3-10H,1-2H3,(H,20,21,24). The number of aromatic nitrogens is 4. The lowest BCUT2D eigenvalue weighted by molar-refractivity contribution is 0.102. The zero-order chi connectivity index (χ0) is 17.4. The lowest BCUT2D eigenvalue weighted by atomic mass is 10.0. The number of nitrogens with one attached hydrogen (secondary N) is 1. The van der Waals surface area contributed by atoms with Gasteiger partial charge in [-0.15, -0.1) is 21.5 Å². The summed E-state index contributed by atoms with van der Waals surface area (Å²) in [4.78, 5) is 17.0. The molecule has 124 valence electrons. The smallest absolute Gasteiger partial charge is 0.258 e. The number of thiazole rings is 1. The number of aryl methyl sites for hydroxylation is 2. The first-order valence-electron chi connectivity index (χ1n) is 7.74. The van der Waals surface area contributed by atoms with Crippen LogP contribution >= 0.6 is 11.3 Å². The Morgan fingerprint density at radius 1 is 1.20 bits per heavy atom. The first-order chi connectivity index (χ1) is 12.1. The van der Waals surface area contributed by atoms with Crippen molar-refractivity contribution in [2.45, 2.75) is 13.8 Å². The molecule has 3 aromatic heterocycles. The second-order valence-corrected chi connectivity index (χ2v) is 6.68. The highest BCUT2D eigenvalue weighted by Crippen LogP contribution is 2.28. The third kappa shape index (κ3) is 3.01. The molecule has 0 aliphatic heterocycles. The van der Waals surface area contributed by atoms with Crippen LogP contribution < -0.4 is 5.32 Å². The summed E-state index contributed by atoms with van der Waals surface area (Å²) < 4.78 is 1.71. The Kier molecular flexibility index (Phi) is 3.77. The maximum atomic E-state index is 12.4. The molecule has 0 saturated carbocycles. The second-order valence-electron chi connectivity index (χ2n) is 5.82. The van der Waals surface area contributed by atoms with Gasteiger partial charge in [0.05, 0.1) is 11.3 Å². The molecule has 25 heavy (non-hydrogen) atoms. The van der Waals surface area contributed by atoms with Crippen molar-refractivity contribution in [2.24, 2.45) is 0 Å². The van der Waals surface area contributed by atoms with Gasteiger partial charge in [-0.25, -0.2) is 4.98 Å². The molecule has 1 aromatic carbocycles. The van der Waals surface area contributed by atoms with Crippen molar-refractivity contribution in [3.8, 4) is 11.3 Å². The van der Waals surface area contributed by atoms with Crippen molar-refractivity contribution in [2.75, 3.05) is 5.32 Å². The minimum Gasteiger partial charge on any atom is -0.298 e. The number of benzene rings is 1. The fourth-order valence-corrected chi connectivity index (χ4v) is 3.39. The van der Waals surface area contributed by atoms with E-state index in [1.165, 1.54) is 22.5 Å². The molecule has 0 aliphatic carbocycles. The largest absolute Gasteiger partial charge is 0.298 e. The van der Waals surface area contributed by atoms with Crippen LogP contribution in [0, 0.1) is 13.8 Å². The predicted octanol–water partition coefficient (Wildman–Crippen LogP) is 3.72. The molecule has 0 aliphatic rings. The van der Waals surface area contributed by atoms with Gasteiger partial charge in [0.15, 0.2) is 10.8 Å². The molecule has 0 spiro atoms. The average molecular weight is 349 g/mol. The van der Waals surface area contributed by atoms with Gasteiger partial charge in [-0.1, -0.05) is 23.8 Å². The van der Waals surface area contributed by atoms with Crippen LogP contribution in [0.25, 0.3) is 16.9 Å². The van der Waals surface area contributed by atoms with Gasteiger partial charge in [-0.05, 0) is 31.5 Å². The lowest BCUT2D eigenvalue weighted by Gasteiger charge is -2.04. The molecule has 6 nitrogen and oxygen atoms in total. The zero-order valence-corrected chi connectivity index (χ0v) is 14.5.